The van der Waals surface area contributed by atoms with Gasteiger partial charge in [0, 0.05) is 12.1 Å². The highest BCUT2D eigenvalue weighted by molar-refractivity contribution is 7.92. The van der Waals surface area contributed by atoms with E-state index < -0.39 is 10.0 Å². The maximum absolute atomic E-state index is 13.2. The van der Waals surface area contributed by atoms with Crippen molar-refractivity contribution in [3.8, 4) is 0 Å². The number of carbonyl (C=O) groups is 1. The molecule has 3 N–H and O–H groups in total. The molecule has 30 heavy (non-hydrogen) atoms. The van der Waals surface area contributed by atoms with Gasteiger partial charge in [0.25, 0.3) is 5.91 Å². The number of benzene rings is 2. The molecule has 0 aromatic heterocycles. The van der Waals surface area contributed by atoms with Gasteiger partial charge in [-0.3, -0.25) is 14.5 Å². The van der Waals surface area contributed by atoms with Gasteiger partial charge in [-0.15, -0.1) is 0 Å². The fourth-order valence-electron chi connectivity index (χ4n) is 3.77. The number of nitrogens with one attached hydrogen (secondary N) is 1. The molecule has 0 bridgehead atoms. The minimum atomic E-state index is -3.50. The number of carbonyl (C=O) groups excluding carboxylic acids is 1. The van der Waals surface area contributed by atoms with Crippen LogP contribution >= 0.6 is 0 Å². The van der Waals surface area contributed by atoms with Crippen molar-refractivity contribution in [2.75, 3.05) is 29.7 Å². The smallest absolute Gasteiger partial charge is 0.265 e. The van der Waals surface area contributed by atoms with E-state index in [4.69, 9.17) is 5.84 Å². The van der Waals surface area contributed by atoms with Crippen LogP contribution < -0.4 is 15.6 Å². The number of likely N-dealkylation sites (tertiary alicyclic amines) is 1. The van der Waals surface area contributed by atoms with Crippen molar-refractivity contribution in [1.82, 2.24) is 10.3 Å². The summed E-state index contributed by atoms with van der Waals surface area (Å²) in [5, 5.41) is 0. The van der Waals surface area contributed by atoms with Crippen LogP contribution in [0.15, 0.2) is 54.6 Å². The summed E-state index contributed by atoms with van der Waals surface area (Å²) in [5.41, 5.74) is 3.95. The molecule has 1 saturated heterocycles. The maximum Gasteiger partial charge on any atom is 0.265 e. The third-order valence-corrected chi connectivity index (χ3v) is 7.25. The van der Waals surface area contributed by atoms with E-state index in [-0.39, 0.29) is 18.2 Å². The summed E-state index contributed by atoms with van der Waals surface area (Å²) < 4.78 is 27.9. The molecule has 3 rings (SSSR count). The van der Waals surface area contributed by atoms with Crippen LogP contribution in [0, 0.1) is 5.92 Å². The Hall–Kier alpha value is -2.42. The minimum Gasteiger partial charge on any atom is -0.303 e. The first-order valence-corrected chi connectivity index (χ1v) is 11.9. The number of amides is 1. The van der Waals surface area contributed by atoms with Gasteiger partial charge in [0.15, 0.2) is 0 Å². The average Bonchev–Trinajstić information content (AvgIpc) is 3.17. The van der Waals surface area contributed by atoms with Crippen LogP contribution in [0.25, 0.3) is 0 Å². The molecule has 1 aliphatic rings. The Labute approximate surface area is 178 Å². The number of anilines is 1. The Balaban J connectivity index is 1.72. The average molecular weight is 431 g/mol. The number of hydrogen-bond acceptors (Lipinski definition) is 5. The predicted octanol–water partition coefficient (Wildman–Crippen LogP) is 2.36. The number of nitrogens with two attached hydrogens (primary N) is 1. The Morgan fingerprint density at radius 2 is 1.87 bits per heavy atom. The lowest BCUT2D eigenvalue weighted by atomic mass is 10.1. The summed E-state index contributed by atoms with van der Waals surface area (Å²) in [7, 11) is -3.50. The van der Waals surface area contributed by atoms with Crippen molar-refractivity contribution < 1.29 is 13.2 Å². The normalized spacial score (nSPS) is 17.1. The van der Waals surface area contributed by atoms with Crippen molar-refractivity contribution in [2.24, 2.45) is 11.8 Å². The van der Waals surface area contributed by atoms with Gasteiger partial charge in [-0.2, -0.15) is 0 Å². The molecule has 2 aromatic carbocycles. The van der Waals surface area contributed by atoms with E-state index in [0.717, 1.165) is 25.2 Å². The molecule has 162 valence electrons. The number of hydrazine groups is 1. The fraction of sp³-hybridized carbons (Fsp3) is 0.409. The van der Waals surface area contributed by atoms with E-state index in [1.807, 2.05) is 18.2 Å². The molecule has 1 heterocycles. The lowest BCUT2D eigenvalue weighted by Crippen LogP contribution is -2.34. The molecule has 0 spiro atoms. The Kier molecular flexibility index (Phi) is 7.47. The third kappa shape index (κ3) is 5.81. The highest BCUT2D eigenvalue weighted by atomic mass is 32.2. The summed E-state index contributed by atoms with van der Waals surface area (Å²) in [6.07, 6.45) is 1.79. The predicted molar refractivity (Wildman–Crippen MR) is 119 cm³/mol. The second kappa shape index (κ2) is 10.1. The van der Waals surface area contributed by atoms with Gasteiger partial charge >= 0.3 is 0 Å². The number of sulfonamides is 1. The quantitative estimate of drug-likeness (QED) is 0.362. The summed E-state index contributed by atoms with van der Waals surface area (Å²) in [6, 6.07) is 15.9. The molecule has 0 saturated carbocycles. The molecule has 1 amide bonds. The largest absolute Gasteiger partial charge is 0.303 e. The van der Waals surface area contributed by atoms with E-state index in [0.29, 0.717) is 23.6 Å². The van der Waals surface area contributed by atoms with Crippen LogP contribution in [0.5, 0.6) is 0 Å². The summed E-state index contributed by atoms with van der Waals surface area (Å²) in [4.78, 5) is 14.0. The standard InChI is InChI=1S/C22H30N4O3S/c1-18-12-14-25(16-18)13-5-15-30(28,29)26(21-6-3-2-4-7-21)17-19-8-10-20(11-9-19)22(27)24-23/h2-4,6-11,18H,5,12-17,23H2,1H3,(H,24,27). The Bertz CT molecular complexity index is 933. The zero-order chi connectivity index (χ0) is 21.6. The van der Waals surface area contributed by atoms with Gasteiger partial charge in [-0.05, 0) is 61.7 Å². The van der Waals surface area contributed by atoms with Gasteiger partial charge in [0.1, 0.15) is 0 Å². The monoisotopic (exact) mass is 430 g/mol. The lowest BCUT2D eigenvalue weighted by molar-refractivity contribution is 0.0953. The zero-order valence-electron chi connectivity index (χ0n) is 17.3. The Morgan fingerprint density at radius 3 is 2.47 bits per heavy atom. The molecule has 7 nitrogen and oxygen atoms in total. The van der Waals surface area contributed by atoms with E-state index >= 15 is 0 Å². The molecule has 1 unspecified atom stereocenters. The van der Waals surface area contributed by atoms with Gasteiger partial charge < -0.3 is 4.90 Å². The fourth-order valence-corrected chi connectivity index (χ4v) is 5.27. The number of rotatable bonds is 9. The molecule has 2 aromatic rings. The van der Waals surface area contributed by atoms with Crippen molar-refractivity contribution in [3.05, 3.63) is 65.7 Å². The van der Waals surface area contributed by atoms with E-state index in [2.05, 4.69) is 17.2 Å². The van der Waals surface area contributed by atoms with Crippen molar-refractivity contribution in [3.63, 3.8) is 0 Å². The zero-order valence-corrected chi connectivity index (χ0v) is 18.1. The topological polar surface area (TPSA) is 95.7 Å². The first kappa shape index (κ1) is 22.3. The first-order valence-electron chi connectivity index (χ1n) is 10.3. The molecule has 1 atom stereocenters. The molecule has 0 radical (unpaired) electrons. The van der Waals surface area contributed by atoms with Gasteiger partial charge in [-0.1, -0.05) is 37.3 Å². The van der Waals surface area contributed by atoms with Crippen LogP contribution in [0.3, 0.4) is 0 Å². The van der Waals surface area contributed by atoms with Crippen molar-refractivity contribution in [2.45, 2.75) is 26.3 Å². The van der Waals surface area contributed by atoms with Crippen LogP contribution in [0.4, 0.5) is 5.69 Å². The van der Waals surface area contributed by atoms with E-state index in [1.165, 1.54) is 10.7 Å². The molecule has 1 fully saturated rings. The van der Waals surface area contributed by atoms with Gasteiger partial charge in [-0.25, -0.2) is 14.3 Å². The highest BCUT2D eigenvalue weighted by Crippen LogP contribution is 2.22. The molecular weight excluding hydrogens is 400 g/mol. The van der Waals surface area contributed by atoms with Crippen molar-refractivity contribution in [1.29, 1.82) is 0 Å². The number of nitrogen functional groups attached to an aromatic ring is 1. The van der Waals surface area contributed by atoms with Crippen LogP contribution in [-0.4, -0.2) is 44.6 Å². The van der Waals surface area contributed by atoms with Gasteiger partial charge in [0.2, 0.25) is 10.0 Å². The molecule has 8 heteroatoms. The molecular formula is C22H30N4O3S. The first-order chi connectivity index (χ1) is 14.4. The second-order valence-corrected chi connectivity index (χ2v) is 9.89. The lowest BCUT2D eigenvalue weighted by Gasteiger charge is -2.25. The second-order valence-electron chi connectivity index (χ2n) is 7.88. The molecule has 1 aliphatic heterocycles. The summed E-state index contributed by atoms with van der Waals surface area (Å²) >= 11 is 0. The third-order valence-electron chi connectivity index (χ3n) is 5.44. The van der Waals surface area contributed by atoms with E-state index in [1.54, 1.807) is 36.4 Å². The van der Waals surface area contributed by atoms with Crippen LogP contribution in [0.2, 0.25) is 0 Å². The number of hydrogen-bond donors (Lipinski definition) is 2. The van der Waals surface area contributed by atoms with Crippen LogP contribution in [-0.2, 0) is 16.6 Å². The van der Waals surface area contributed by atoms with Crippen LogP contribution in [0.1, 0.15) is 35.7 Å². The number of para-hydroxylation sites is 1. The Morgan fingerprint density at radius 1 is 1.17 bits per heavy atom. The molecule has 0 aliphatic carbocycles. The number of nitrogens with zero attached hydrogens (tertiary/aromatic N) is 2. The minimum absolute atomic E-state index is 0.0977. The van der Waals surface area contributed by atoms with E-state index in [9.17, 15) is 13.2 Å². The highest BCUT2D eigenvalue weighted by Gasteiger charge is 2.24. The van der Waals surface area contributed by atoms with Gasteiger partial charge in [0.05, 0.1) is 18.0 Å². The SMILES string of the molecule is CC1CCN(CCCS(=O)(=O)N(Cc2ccc(C(=O)NN)cc2)c2ccccc2)C1. The maximum atomic E-state index is 13.2. The summed E-state index contributed by atoms with van der Waals surface area (Å²) in [6.45, 7) is 5.33. The van der Waals surface area contributed by atoms with Crippen molar-refractivity contribution >= 4 is 21.6 Å². The summed E-state index contributed by atoms with van der Waals surface area (Å²) in [5.74, 6) is 5.57.